The van der Waals surface area contributed by atoms with E-state index in [0.717, 1.165) is 25.4 Å². The highest BCUT2D eigenvalue weighted by molar-refractivity contribution is 5.67. The van der Waals surface area contributed by atoms with Gasteiger partial charge in [0, 0.05) is 25.7 Å². The number of alkyl carbamates (subject to hydrolysis) is 1. The summed E-state index contributed by atoms with van der Waals surface area (Å²) >= 11 is 0. The maximum atomic E-state index is 11.5. The van der Waals surface area contributed by atoms with E-state index in [-0.39, 0.29) is 6.09 Å². The van der Waals surface area contributed by atoms with Crippen LogP contribution >= 0.6 is 0 Å². The van der Waals surface area contributed by atoms with Crippen LogP contribution in [0.25, 0.3) is 0 Å². The third-order valence-electron chi connectivity index (χ3n) is 3.76. The highest BCUT2D eigenvalue weighted by Crippen LogP contribution is 2.24. The molecule has 0 bridgehead atoms. The average molecular weight is 269 g/mol. The normalized spacial score (nSPS) is 27.3. The number of carbonyl (C=O) groups excluding carboxylic acids is 1. The van der Waals surface area contributed by atoms with Crippen molar-refractivity contribution in [1.82, 2.24) is 15.5 Å². The summed E-state index contributed by atoms with van der Waals surface area (Å²) in [6.07, 6.45) is 1.99. The molecule has 0 aromatic carbocycles. The Hall–Kier alpha value is -0.810. The van der Waals surface area contributed by atoms with Gasteiger partial charge < -0.3 is 20.3 Å². The first kappa shape index (κ1) is 14.6. The molecule has 110 valence electrons. The number of fused-ring (bicyclic) bond motifs is 1. The summed E-state index contributed by atoms with van der Waals surface area (Å²) in [5.41, 5.74) is -0.415. The SMILES string of the molecule is CC(C)(C)OC(=O)NCCCN1C[C@H]2CCN[C@H]2C1. The predicted octanol–water partition coefficient (Wildman–Crippen LogP) is 1.19. The lowest BCUT2D eigenvalue weighted by Crippen LogP contribution is -2.35. The van der Waals surface area contributed by atoms with Crippen molar-refractivity contribution in [3.8, 4) is 0 Å². The molecule has 0 radical (unpaired) electrons. The van der Waals surface area contributed by atoms with E-state index in [4.69, 9.17) is 4.74 Å². The maximum absolute atomic E-state index is 11.5. The Morgan fingerprint density at radius 1 is 1.42 bits per heavy atom. The van der Waals surface area contributed by atoms with Gasteiger partial charge in [-0.2, -0.15) is 0 Å². The standard InChI is InChI=1S/C14H27N3O2/c1-14(2,3)19-13(18)16-6-4-8-17-9-11-5-7-15-12(11)10-17/h11-12,15H,4-10H2,1-3H3,(H,16,18)/t11-,12+/m1/s1. The molecule has 2 rings (SSSR count). The van der Waals surface area contributed by atoms with Crippen molar-refractivity contribution in [1.29, 1.82) is 0 Å². The van der Waals surface area contributed by atoms with Crippen LogP contribution in [0.15, 0.2) is 0 Å². The van der Waals surface area contributed by atoms with E-state index < -0.39 is 5.60 Å². The van der Waals surface area contributed by atoms with Gasteiger partial charge in [-0.25, -0.2) is 4.79 Å². The van der Waals surface area contributed by atoms with Crippen molar-refractivity contribution < 1.29 is 9.53 Å². The van der Waals surface area contributed by atoms with E-state index >= 15 is 0 Å². The Bertz CT molecular complexity index is 302. The Morgan fingerprint density at radius 2 is 2.21 bits per heavy atom. The minimum Gasteiger partial charge on any atom is -0.444 e. The van der Waals surface area contributed by atoms with Crippen LogP contribution in [0.5, 0.6) is 0 Å². The van der Waals surface area contributed by atoms with Crippen LogP contribution in [-0.4, -0.2) is 55.4 Å². The van der Waals surface area contributed by atoms with E-state index in [1.165, 1.54) is 19.5 Å². The second-order valence-corrected chi connectivity index (χ2v) is 6.65. The summed E-state index contributed by atoms with van der Waals surface area (Å²) in [6.45, 7) is 10.9. The van der Waals surface area contributed by atoms with Gasteiger partial charge in [0.25, 0.3) is 0 Å². The molecule has 2 fully saturated rings. The molecule has 5 nitrogen and oxygen atoms in total. The largest absolute Gasteiger partial charge is 0.444 e. The zero-order valence-electron chi connectivity index (χ0n) is 12.4. The number of hydrogen-bond donors (Lipinski definition) is 2. The van der Waals surface area contributed by atoms with Gasteiger partial charge in [0.1, 0.15) is 5.60 Å². The Morgan fingerprint density at radius 3 is 2.89 bits per heavy atom. The molecule has 19 heavy (non-hydrogen) atoms. The topological polar surface area (TPSA) is 53.6 Å². The predicted molar refractivity (Wildman–Crippen MR) is 75.2 cm³/mol. The van der Waals surface area contributed by atoms with Gasteiger partial charge in [-0.05, 0) is 52.6 Å². The lowest BCUT2D eigenvalue weighted by Gasteiger charge is -2.20. The number of ether oxygens (including phenoxy) is 1. The minimum absolute atomic E-state index is 0.313. The third kappa shape index (κ3) is 4.66. The summed E-state index contributed by atoms with van der Waals surface area (Å²) in [5, 5.41) is 6.36. The van der Waals surface area contributed by atoms with E-state index in [9.17, 15) is 4.79 Å². The van der Waals surface area contributed by atoms with Gasteiger partial charge in [-0.1, -0.05) is 0 Å². The smallest absolute Gasteiger partial charge is 0.407 e. The van der Waals surface area contributed by atoms with E-state index in [1.54, 1.807) is 0 Å². The minimum atomic E-state index is -0.415. The van der Waals surface area contributed by atoms with E-state index in [1.807, 2.05) is 20.8 Å². The summed E-state index contributed by atoms with van der Waals surface area (Å²) < 4.78 is 5.20. The van der Waals surface area contributed by atoms with Crippen LogP contribution in [0.3, 0.4) is 0 Å². The van der Waals surface area contributed by atoms with E-state index in [2.05, 4.69) is 15.5 Å². The maximum Gasteiger partial charge on any atom is 0.407 e. The lowest BCUT2D eigenvalue weighted by atomic mass is 10.1. The number of hydrogen-bond acceptors (Lipinski definition) is 4. The van der Waals surface area contributed by atoms with Gasteiger partial charge >= 0.3 is 6.09 Å². The van der Waals surface area contributed by atoms with Crippen molar-refractivity contribution in [2.75, 3.05) is 32.7 Å². The number of likely N-dealkylation sites (tertiary alicyclic amines) is 1. The van der Waals surface area contributed by atoms with Gasteiger partial charge in [-0.3, -0.25) is 0 Å². The van der Waals surface area contributed by atoms with Crippen molar-refractivity contribution >= 4 is 6.09 Å². The van der Waals surface area contributed by atoms with Crippen molar-refractivity contribution in [3.05, 3.63) is 0 Å². The van der Waals surface area contributed by atoms with Crippen LogP contribution in [0.4, 0.5) is 4.79 Å². The first-order chi connectivity index (χ1) is 8.94. The van der Waals surface area contributed by atoms with Gasteiger partial charge in [0.15, 0.2) is 0 Å². The molecule has 2 heterocycles. The molecule has 2 saturated heterocycles. The first-order valence-electron chi connectivity index (χ1n) is 7.36. The molecule has 2 aliphatic heterocycles. The van der Waals surface area contributed by atoms with Crippen LogP contribution in [0.2, 0.25) is 0 Å². The molecule has 2 N–H and O–H groups in total. The summed E-state index contributed by atoms with van der Waals surface area (Å²) in [6, 6.07) is 0.707. The van der Waals surface area contributed by atoms with Crippen LogP contribution < -0.4 is 10.6 Å². The number of amides is 1. The Balaban J connectivity index is 1.54. The molecule has 0 spiro atoms. The molecule has 0 aliphatic carbocycles. The van der Waals surface area contributed by atoms with Crippen molar-refractivity contribution in [3.63, 3.8) is 0 Å². The number of rotatable bonds is 4. The average Bonchev–Trinajstić information content (AvgIpc) is 2.81. The molecule has 1 amide bonds. The highest BCUT2D eigenvalue weighted by Gasteiger charge is 2.35. The Kier molecular flexibility index (Phi) is 4.68. The summed E-state index contributed by atoms with van der Waals surface area (Å²) in [5.74, 6) is 0.846. The van der Waals surface area contributed by atoms with Gasteiger partial charge in [0.05, 0.1) is 0 Å². The summed E-state index contributed by atoms with van der Waals surface area (Å²) in [7, 11) is 0. The van der Waals surface area contributed by atoms with Gasteiger partial charge in [-0.15, -0.1) is 0 Å². The van der Waals surface area contributed by atoms with Gasteiger partial charge in [0.2, 0.25) is 0 Å². The fourth-order valence-corrected chi connectivity index (χ4v) is 2.93. The van der Waals surface area contributed by atoms with Crippen LogP contribution in [0.1, 0.15) is 33.6 Å². The molecule has 5 heteroatoms. The second-order valence-electron chi connectivity index (χ2n) is 6.65. The van der Waals surface area contributed by atoms with Crippen LogP contribution in [0, 0.1) is 5.92 Å². The monoisotopic (exact) mass is 269 g/mol. The van der Waals surface area contributed by atoms with Crippen LogP contribution in [-0.2, 0) is 4.74 Å². The fourth-order valence-electron chi connectivity index (χ4n) is 2.93. The molecular formula is C14H27N3O2. The molecule has 2 aliphatic rings. The lowest BCUT2D eigenvalue weighted by molar-refractivity contribution is 0.0526. The molecule has 0 saturated carbocycles. The molecule has 0 unspecified atom stereocenters. The quantitative estimate of drug-likeness (QED) is 0.753. The van der Waals surface area contributed by atoms with E-state index in [0.29, 0.717) is 12.6 Å². The molecular weight excluding hydrogens is 242 g/mol. The number of carbonyl (C=O) groups is 1. The summed E-state index contributed by atoms with van der Waals surface area (Å²) in [4.78, 5) is 14.0. The zero-order valence-corrected chi connectivity index (χ0v) is 12.4. The third-order valence-corrected chi connectivity index (χ3v) is 3.76. The molecule has 0 aromatic rings. The number of nitrogens with one attached hydrogen (secondary N) is 2. The Labute approximate surface area is 116 Å². The molecule has 2 atom stereocenters. The number of nitrogens with zero attached hydrogens (tertiary/aromatic N) is 1. The van der Waals surface area contributed by atoms with Crippen molar-refractivity contribution in [2.45, 2.75) is 45.3 Å². The zero-order chi connectivity index (χ0) is 13.9. The highest BCUT2D eigenvalue weighted by atomic mass is 16.6. The fraction of sp³-hybridized carbons (Fsp3) is 0.929. The first-order valence-corrected chi connectivity index (χ1v) is 7.36. The molecule has 0 aromatic heterocycles. The van der Waals surface area contributed by atoms with Crippen molar-refractivity contribution in [2.24, 2.45) is 5.92 Å². The second kappa shape index (κ2) is 6.09.